The van der Waals surface area contributed by atoms with Gasteiger partial charge in [0.1, 0.15) is 6.04 Å². The van der Waals surface area contributed by atoms with Gasteiger partial charge >= 0.3 is 12.1 Å². The molecule has 2 atom stereocenters. The minimum atomic E-state index is -4.79. The number of halogens is 3. The smallest absolute Gasteiger partial charge is 0.417 e. The van der Waals surface area contributed by atoms with E-state index in [1.54, 1.807) is 25.7 Å². The van der Waals surface area contributed by atoms with Gasteiger partial charge in [0.15, 0.2) is 0 Å². The molecular formula is C29H43F3N2O6. The summed E-state index contributed by atoms with van der Waals surface area (Å²) in [5.74, 6) is -2.76. The maximum Gasteiger partial charge on any atom is 0.417 e. The van der Waals surface area contributed by atoms with Gasteiger partial charge in [-0.3, -0.25) is 9.59 Å². The van der Waals surface area contributed by atoms with Gasteiger partial charge in [0, 0.05) is 27.3 Å². The Kier molecular flexibility index (Phi) is 9.14. The summed E-state index contributed by atoms with van der Waals surface area (Å²) in [5, 5.41) is 12.0. The first-order valence-corrected chi connectivity index (χ1v) is 14.1. The van der Waals surface area contributed by atoms with Crippen molar-refractivity contribution in [1.29, 1.82) is 0 Å². The number of amides is 2. The summed E-state index contributed by atoms with van der Waals surface area (Å²) in [6.07, 6.45) is -0.186. The summed E-state index contributed by atoms with van der Waals surface area (Å²) < 4.78 is 52.6. The number of ether oxygens (including phenoxy) is 2. The van der Waals surface area contributed by atoms with Gasteiger partial charge in [0.05, 0.1) is 36.5 Å². The van der Waals surface area contributed by atoms with Gasteiger partial charge in [-0.2, -0.15) is 13.2 Å². The highest BCUT2D eigenvalue weighted by atomic mass is 19.4. The summed E-state index contributed by atoms with van der Waals surface area (Å²) in [6.45, 7) is 6.95. The van der Waals surface area contributed by atoms with E-state index in [-0.39, 0.29) is 31.9 Å². The monoisotopic (exact) mass is 572 g/mol. The van der Waals surface area contributed by atoms with Crippen molar-refractivity contribution >= 4 is 17.8 Å². The molecule has 3 heterocycles. The molecule has 1 aliphatic carbocycles. The lowest BCUT2D eigenvalue weighted by atomic mass is 9.72. The van der Waals surface area contributed by atoms with Crippen LogP contribution in [0.4, 0.5) is 13.2 Å². The molecule has 2 amide bonds. The van der Waals surface area contributed by atoms with Crippen LogP contribution in [-0.4, -0.2) is 72.3 Å². The highest BCUT2D eigenvalue weighted by Crippen LogP contribution is 2.43. The minimum absolute atomic E-state index is 0. The molecular weight excluding hydrogens is 529 g/mol. The van der Waals surface area contributed by atoms with E-state index in [9.17, 15) is 32.7 Å². The van der Waals surface area contributed by atoms with Crippen molar-refractivity contribution in [3.63, 3.8) is 0 Å². The third kappa shape index (κ3) is 6.79. The molecule has 1 aromatic carbocycles. The van der Waals surface area contributed by atoms with E-state index in [4.69, 9.17) is 9.47 Å². The van der Waals surface area contributed by atoms with Gasteiger partial charge in [0.2, 0.25) is 11.8 Å². The van der Waals surface area contributed by atoms with Crippen molar-refractivity contribution in [3.05, 3.63) is 34.9 Å². The number of benzene rings is 1. The molecule has 226 valence electrons. The van der Waals surface area contributed by atoms with Crippen LogP contribution >= 0.6 is 0 Å². The number of carboxylic acid groups (broad SMARTS) is 1. The first kappa shape index (κ1) is 30.3. The first-order chi connectivity index (χ1) is 18.8. The normalized spacial score (nSPS) is 25.1. The topological polar surface area (TPSA) is 105 Å². The Bertz CT molecular complexity index is 1090. The van der Waals surface area contributed by atoms with Crippen LogP contribution in [0.15, 0.2) is 18.2 Å². The molecule has 3 saturated heterocycles. The largest absolute Gasteiger partial charge is 0.478 e. The Hall–Kier alpha value is -2.66. The van der Waals surface area contributed by atoms with E-state index in [0.29, 0.717) is 50.8 Å². The van der Waals surface area contributed by atoms with Crippen LogP contribution in [0.5, 0.6) is 0 Å². The fourth-order valence-corrected chi connectivity index (χ4v) is 5.97. The van der Waals surface area contributed by atoms with Gasteiger partial charge in [-0.15, -0.1) is 0 Å². The molecule has 8 nitrogen and oxygen atoms in total. The molecule has 4 aliphatic rings. The van der Waals surface area contributed by atoms with Crippen LogP contribution in [0.25, 0.3) is 0 Å². The number of nitrogens with one attached hydrogen (secondary N) is 1. The maximum atomic E-state index is 13.6. The molecule has 0 unspecified atom stereocenters. The second-order valence-corrected chi connectivity index (χ2v) is 11.9. The summed E-state index contributed by atoms with van der Waals surface area (Å²) >= 11 is 0. The van der Waals surface area contributed by atoms with Crippen molar-refractivity contribution in [2.24, 2.45) is 11.3 Å². The van der Waals surface area contributed by atoms with Gasteiger partial charge < -0.3 is 24.8 Å². The molecule has 1 aromatic rings. The van der Waals surface area contributed by atoms with Crippen molar-refractivity contribution in [1.82, 2.24) is 10.2 Å². The molecule has 0 aromatic heterocycles. The number of alkyl halides is 3. The number of carboxylic acids is 1. The number of fused-ring (bicyclic) bond motifs is 3. The Morgan fingerprint density at radius 3 is 2.33 bits per heavy atom. The van der Waals surface area contributed by atoms with Crippen LogP contribution in [0.2, 0.25) is 0 Å². The third-order valence-electron chi connectivity index (χ3n) is 8.69. The SMILES string of the molecule is CC(C)C(=O)N[C@H](C(=O)N1CCC(c2ccc(C(=O)O)c(C(F)(F)F)c2)CC1)[C@@H](C)OCC12CCC(CC1)OC2.[HH].[HH]. The van der Waals surface area contributed by atoms with E-state index in [1.165, 1.54) is 6.07 Å². The quantitative estimate of drug-likeness (QED) is 0.426. The number of hydrogen-bond acceptors (Lipinski definition) is 5. The molecule has 4 fully saturated rings. The van der Waals surface area contributed by atoms with Crippen molar-refractivity contribution < 1.29 is 45.0 Å². The number of piperidine rings is 1. The van der Waals surface area contributed by atoms with Gasteiger partial charge in [-0.1, -0.05) is 19.9 Å². The van der Waals surface area contributed by atoms with Gasteiger partial charge in [0.25, 0.3) is 0 Å². The van der Waals surface area contributed by atoms with E-state index in [2.05, 4.69) is 5.32 Å². The molecule has 0 radical (unpaired) electrons. The predicted octanol–water partition coefficient (Wildman–Crippen LogP) is 5.11. The molecule has 5 rings (SSSR count). The molecule has 2 bridgehead atoms. The Labute approximate surface area is 235 Å². The number of carbonyl (C=O) groups is 3. The van der Waals surface area contributed by atoms with Crippen LogP contribution in [0.1, 0.15) is 89.6 Å². The van der Waals surface area contributed by atoms with Crippen molar-refractivity contribution in [3.8, 4) is 0 Å². The fraction of sp³-hybridized carbons (Fsp3) is 0.690. The Morgan fingerprint density at radius 2 is 1.80 bits per heavy atom. The van der Waals surface area contributed by atoms with Crippen molar-refractivity contribution in [2.45, 2.75) is 89.6 Å². The van der Waals surface area contributed by atoms with Crippen LogP contribution in [0.3, 0.4) is 0 Å². The Morgan fingerprint density at radius 1 is 1.15 bits per heavy atom. The molecule has 2 N–H and O–H groups in total. The maximum absolute atomic E-state index is 13.6. The summed E-state index contributed by atoms with van der Waals surface area (Å²) in [7, 11) is 0. The number of likely N-dealkylation sites (tertiary alicyclic amines) is 1. The zero-order valence-corrected chi connectivity index (χ0v) is 23.3. The number of hydrogen-bond donors (Lipinski definition) is 2. The summed E-state index contributed by atoms with van der Waals surface area (Å²) in [5.41, 5.74) is -1.62. The minimum Gasteiger partial charge on any atom is -0.478 e. The second kappa shape index (κ2) is 12.1. The number of nitrogens with zero attached hydrogens (tertiary/aromatic N) is 1. The second-order valence-electron chi connectivity index (χ2n) is 11.9. The highest BCUT2D eigenvalue weighted by Gasteiger charge is 2.43. The molecule has 40 heavy (non-hydrogen) atoms. The van der Waals surface area contributed by atoms with E-state index in [0.717, 1.165) is 37.8 Å². The fourth-order valence-electron chi connectivity index (χ4n) is 5.97. The van der Waals surface area contributed by atoms with E-state index in [1.807, 2.05) is 0 Å². The lowest BCUT2D eigenvalue weighted by Gasteiger charge is -2.46. The first-order valence-electron chi connectivity index (χ1n) is 14.1. The Balaban J connectivity index is 0.00000308. The average molecular weight is 573 g/mol. The lowest BCUT2D eigenvalue weighted by molar-refractivity contribution is -0.158. The molecule has 1 saturated carbocycles. The number of rotatable bonds is 9. The standard InChI is InChI=1S/C29H39F3N2O6.2H2/c1-17(2)25(35)33-24(18(3)39-15-28-10-6-21(7-11-28)40-16-28)26(36)34-12-8-19(9-13-34)20-4-5-22(27(37)38)23(14-20)29(30,31)32;;/h4-5,14,17-19,21,24H,6-13,15-16H2,1-3H3,(H,33,35)(H,37,38);2*1H/t18-,21?,24+,28?;;/m1../s1. The summed E-state index contributed by atoms with van der Waals surface area (Å²) in [4.78, 5) is 39.2. The molecule has 0 spiro atoms. The average Bonchev–Trinajstić information content (AvgIpc) is 2.94. The third-order valence-corrected chi connectivity index (χ3v) is 8.69. The van der Waals surface area contributed by atoms with Crippen LogP contribution < -0.4 is 5.32 Å². The van der Waals surface area contributed by atoms with Gasteiger partial charge in [-0.25, -0.2) is 4.79 Å². The summed E-state index contributed by atoms with van der Waals surface area (Å²) in [6, 6.07) is 2.44. The highest BCUT2D eigenvalue weighted by molar-refractivity contribution is 5.90. The molecule has 11 heteroatoms. The van der Waals surface area contributed by atoms with Crippen LogP contribution in [-0.2, 0) is 25.2 Å². The lowest BCUT2D eigenvalue weighted by Crippen LogP contribution is -2.57. The number of carbonyl (C=O) groups excluding carboxylic acids is 2. The zero-order valence-electron chi connectivity index (χ0n) is 23.3. The predicted molar refractivity (Wildman–Crippen MR) is 144 cm³/mol. The van der Waals surface area contributed by atoms with Crippen molar-refractivity contribution in [2.75, 3.05) is 26.3 Å². The van der Waals surface area contributed by atoms with Gasteiger partial charge in [-0.05, 0) is 69.1 Å². The molecule has 3 aliphatic heterocycles. The van der Waals surface area contributed by atoms with Crippen LogP contribution in [0, 0.1) is 11.3 Å². The number of aromatic carboxylic acids is 1. The zero-order chi connectivity index (χ0) is 29.2. The van der Waals surface area contributed by atoms with E-state index >= 15 is 0 Å². The van der Waals surface area contributed by atoms with E-state index < -0.39 is 35.4 Å².